The molecule has 2 aromatic carbocycles. The minimum Gasteiger partial charge on any atom is -0.489 e. The summed E-state index contributed by atoms with van der Waals surface area (Å²) >= 11 is 0. The zero-order valence-corrected chi connectivity index (χ0v) is 17.0. The van der Waals surface area contributed by atoms with E-state index in [2.05, 4.69) is 6.92 Å². The number of benzene rings is 2. The second kappa shape index (κ2) is 10.5. The molecule has 0 saturated carbocycles. The molecule has 29 heavy (non-hydrogen) atoms. The van der Waals surface area contributed by atoms with E-state index >= 15 is 0 Å². The first-order valence-corrected chi connectivity index (χ1v) is 10.4. The van der Waals surface area contributed by atoms with Gasteiger partial charge in [-0.15, -0.1) is 0 Å². The minimum absolute atomic E-state index is 0.347. The van der Waals surface area contributed by atoms with Gasteiger partial charge in [0.1, 0.15) is 18.1 Å². The average Bonchev–Trinajstić information content (AvgIpc) is 3.18. The first-order chi connectivity index (χ1) is 14.2. The van der Waals surface area contributed by atoms with Crippen molar-refractivity contribution < 1.29 is 14.6 Å². The third kappa shape index (κ3) is 5.98. The van der Waals surface area contributed by atoms with Crippen LogP contribution in [-0.2, 0) is 13.2 Å². The van der Waals surface area contributed by atoms with Crippen molar-refractivity contribution in [3.05, 3.63) is 78.1 Å². The molecule has 0 bridgehead atoms. The van der Waals surface area contributed by atoms with Crippen LogP contribution in [0.1, 0.15) is 55.1 Å². The summed E-state index contributed by atoms with van der Waals surface area (Å²) in [6, 6.07) is 19.6. The number of hydrogen-bond donors (Lipinski definition) is 1. The van der Waals surface area contributed by atoms with Crippen LogP contribution < -0.4 is 4.74 Å². The van der Waals surface area contributed by atoms with E-state index in [1.807, 2.05) is 65.4 Å². The normalized spacial score (nSPS) is 10.8. The van der Waals surface area contributed by atoms with Crippen molar-refractivity contribution >= 4 is 5.97 Å². The van der Waals surface area contributed by atoms with Crippen molar-refractivity contribution in [1.29, 1.82) is 0 Å². The summed E-state index contributed by atoms with van der Waals surface area (Å²) in [4.78, 5) is 11.6. The molecule has 0 aliphatic rings. The standard InChI is InChI=1S/C25H29NO3/c1-2-3-4-5-9-16-26-18-22(17-24(26)25(27)28)21-12-14-23(15-13-21)29-19-20-10-7-6-8-11-20/h6-8,10-15,17-18H,2-5,9,16,19H2,1H3,(H,27,28). The van der Waals surface area contributed by atoms with Crippen molar-refractivity contribution in [3.63, 3.8) is 0 Å². The van der Waals surface area contributed by atoms with Gasteiger partial charge in [-0.2, -0.15) is 0 Å². The third-order valence-corrected chi connectivity index (χ3v) is 5.05. The molecule has 3 aromatic rings. The van der Waals surface area contributed by atoms with Crippen LogP contribution in [0.2, 0.25) is 0 Å². The molecular weight excluding hydrogens is 362 g/mol. The summed E-state index contributed by atoms with van der Waals surface area (Å²) in [6.45, 7) is 3.46. The molecule has 0 atom stereocenters. The fourth-order valence-electron chi connectivity index (χ4n) is 3.40. The Bertz CT molecular complexity index is 898. The predicted octanol–water partition coefficient (Wildman–Crippen LogP) is 6.40. The van der Waals surface area contributed by atoms with Crippen molar-refractivity contribution in [2.24, 2.45) is 0 Å². The highest BCUT2D eigenvalue weighted by molar-refractivity contribution is 5.88. The first-order valence-electron chi connectivity index (χ1n) is 10.4. The highest BCUT2D eigenvalue weighted by Gasteiger charge is 2.13. The van der Waals surface area contributed by atoms with Crippen molar-refractivity contribution in [1.82, 2.24) is 4.57 Å². The average molecular weight is 392 g/mol. The van der Waals surface area contributed by atoms with E-state index in [9.17, 15) is 9.90 Å². The highest BCUT2D eigenvalue weighted by Crippen LogP contribution is 2.25. The van der Waals surface area contributed by atoms with Crippen LogP contribution in [0, 0.1) is 0 Å². The molecule has 0 aliphatic carbocycles. The maximum Gasteiger partial charge on any atom is 0.352 e. The number of unbranched alkanes of at least 4 members (excludes halogenated alkanes) is 4. The summed E-state index contributed by atoms with van der Waals surface area (Å²) in [7, 11) is 0. The van der Waals surface area contributed by atoms with Crippen molar-refractivity contribution in [3.8, 4) is 16.9 Å². The smallest absolute Gasteiger partial charge is 0.352 e. The number of carboxylic acids is 1. The monoisotopic (exact) mass is 391 g/mol. The van der Waals surface area contributed by atoms with Crippen LogP contribution in [0.5, 0.6) is 5.75 Å². The topological polar surface area (TPSA) is 51.5 Å². The Labute approximate surface area is 172 Å². The van der Waals surface area contributed by atoms with E-state index in [1.54, 1.807) is 6.07 Å². The Kier molecular flexibility index (Phi) is 7.51. The minimum atomic E-state index is -0.882. The molecule has 0 unspecified atom stereocenters. The summed E-state index contributed by atoms with van der Waals surface area (Å²) in [5, 5.41) is 9.55. The lowest BCUT2D eigenvalue weighted by atomic mass is 10.1. The Morgan fingerprint density at radius 1 is 0.931 bits per heavy atom. The molecule has 152 valence electrons. The van der Waals surface area contributed by atoms with Crippen LogP contribution in [0.4, 0.5) is 0 Å². The lowest BCUT2D eigenvalue weighted by Gasteiger charge is -2.07. The van der Waals surface area contributed by atoms with Crippen LogP contribution in [0.25, 0.3) is 11.1 Å². The van der Waals surface area contributed by atoms with E-state index < -0.39 is 5.97 Å². The molecule has 0 fully saturated rings. The van der Waals surface area contributed by atoms with Gasteiger partial charge in [0.25, 0.3) is 0 Å². The van der Waals surface area contributed by atoms with Gasteiger partial charge in [0.15, 0.2) is 0 Å². The maximum absolute atomic E-state index is 11.6. The van der Waals surface area contributed by atoms with Crippen LogP contribution in [0.15, 0.2) is 66.9 Å². The molecule has 1 heterocycles. The number of aryl methyl sites for hydroxylation is 1. The van der Waals surface area contributed by atoms with Crippen molar-refractivity contribution in [2.45, 2.75) is 52.2 Å². The lowest BCUT2D eigenvalue weighted by Crippen LogP contribution is -2.07. The SMILES string of the molecule is CCCCCCCn1cc(-c2ccc(OCc3ccccc3)cc2)cc1C(=O)O. The molecule has 3 rings (SSSR count). The Hall–Kier alpha value is -3.01. The largest absolute Gasteiger partial charge is 0.489 e. The van der Waals surface area contributed by atoms with Gasteiger partial charge in [-0.05, 0) is 35.7 Å². The van der Waals surface area contributed by atoms with Gasteiger partial charge < -0.3 is 14.4 Å². The second-order valence-electron chi connectivity index (χ2n) is 7.33. The highest BCUT2D eigenvalue weighted by atomic mass is 16.5. The number of aromatic nitrogens is 1. The molecule has 1 aromatic heterocycles. The molecule has 0 spiro atoms. The number of rotatable bonds is 11. The summed E-state index contributed by atoms with van der Waals surface area (Å²) in [5.41, 5.74) is 3.38. The molecular formula is C25H29NO3. The molecule has 0 radical (unpaired) electrons. The number of ether oxygens (including phenoxy) is 1. The van der Waals surface area contributed by atoms with Gasteiger partial charge in [-0.25, -0.2) is 4.79 Å². The molecule has 0 saturated heterocycles. The maximum atomic E-state index is 11.6. The molecule has 0 aliphatic heterocycles. The van der Waals surface area contributed by atoms with Gasteiger partial charge in [-0.1, -0.05) is 75.1 Å². The zero-order valence-electron chi connectivity index (χ0n) is 17.0. The molecule has 4 heteroatoms. The zero-order chi connectivity index (χ0) is 20.5. The molecule has 4 nitrogen and oxygen atoms in total. The van der Waals surface area contributed by atoms with Crippen LogP contribution in [0.3, 0.4) is 0 Å². The number of carbonyl (C=O) groups is 1. The van der Waals surface area contributed by atoms with Gasteiger partial charge in [0.2, 0.25) is 0 Å². The number of aromatic carboxylic acids is 1. The lowest BCUT2D eigenvalue weighted by molar-refractivity contribution is 0.0685. The molecule has 0 amide bonds. The van der Waals surface area contributed by atoms with E-state index in [0.717, 1.165) is 41.8 Å². The predicted molar refractivity (Wildman–Crippen MR) is 116 cm³/mol. The Morgan fingerprint density at radius 2 is 1.66 bits per heavy atom. The Morgan fingerprint density at radius 3 is 2.34 bits per heavy atom. The van der Waals surface area contributed by atoms with E-state index in [0.29, 0.717) is 12.3 Å². The summed E-state index contributed by atoms with van der Waals surface area (Å²) in [6.07, 6.45) is 7.73. The fourth-order valence-corrected chi connectivity index (χ4v) is 3.40. The number of nitrogens with zero attached hydrogens (tertiary/aromatic N) is 1. The van der Waals surface area contributed by atoms with Crippen molar-refractivity contribution in [2.75, 3.05) is 0 Å². The second-order valence-corrected chi connectivity index (χ2v) is 7.33. The third-order valence-electron chi connectivity index (χ3n) is 5.05. The summed E-state index contributed by atoms with van der Waals surface area (Å²) < 4.78 is 7.70. The number of carboxylic acid groups (broad SMARTS) is 1. The number of hydrogen-bond acceptors (Lipinski definition) is 2. The quantitative estimate of drug-likeness (QED) is 0.385. The van der Waals surface area contributed by atoms with Crippen LogP contribution in [-0.4, -0.2) is 15.6 Å². The fraction of sp³-hybridized carbons (Fsp3) is 0.320. The van der Waals surface area contributed by atoms with Gasteiger partial charge in [-0.3, -0.25) is 0 Å². The van der Waals surface area contributed by atoms with E-state index in [1.165, 1.54) is 19.3 Å². The van der Waals surface area contributed by atoms with E-state index in [4.69, 9.17) is 4.74 Å². The summed E-state index contributed by atoms with van der Waals surface area (Å²) in [5.74, 6) is -0.0842. The van der Waals surface area contributed by atoms with Crippen LogP contribution >= 0.6 is 0 Å². The van der Waals surface area contributed by atoms with Gasteiger partial charge >= 0.3 is 5.97 Å². The first kappa shape index (κ1) is 20.7. The van der Waals surface area contributed by atoms with Gasteiger partial charge in [0, 0.05) is 18.3 Å². The van der Waals surface area contributed by atoms with Gasteiger partial charge in [0.05, 0.1) is 0 Å². The Balaban J connectivity index is 1.64. The van der Waals surface area contributed by atoms with E-state index in [-0.39, 0.29) is 0 Å². The molecule has 1 N–H and O–H groups in total.